The number of aliphatic hydroxyl groups is 2. The summed E-state index contributed by atoms with van der Waals surface area (Å²) < 4.78 is 10.9. The van der Waals surface area contributed by atoms with Crippen LogP contribution in [0, 0.1) is 0 Å². The van der Waals surface area contributed by atoms with Gasteiger partial charge in [0.1, 0.15) is 0 Å². The fraction of sp³-hybridized carbons (Fsp3) is 0.368. The molecule has 0 spiro atoms. The molecule has 3 rings (SSSR count). The second-order valence-electron chi connectivity index (χ2n) is 5.82. The van der Waals surface area contributed by atoms with Crippen LogP contribution in [0.15, 0.2) is 58.8 Å². The van der Waals surface area contributed by atoms with Crippen molar-refractivity contribution in [2.24, 2.45) is 10.2 Å². The Morgan fingerprint density at radius 1 is 0.808 bits per heavy atom. The van der Waals surface area contributed by atoms with E-state index in [4.69, 9.17) is 19.7 Å². The molecule has 0 atom stereocenters. The largest absolute Gasteiger partial charge is 0.395 e. The minimum Gasteiger partial charge on any atom is -0.395 e. The third-order valence-electron chi connectivity index (χ3n) is 4.02. The normalized spacial score (nSPS) is 15.0. The monoisotopic (exact) mass is 357 g/mol. The fourth-order valence-electron chi connectivity index (χ4n) is 2.71. The molecular formula is C19H23N3O4. The molecule has 138 valence electrons. The van der Waals surface area contributed by atoms with Gasteiger partial charge in [-0.2, -0.15) is 10.2 Å². The van der Waals surface area contributed by atoms with E-state index >= 15 is 0 Å². The van der Waals surface area contributed by atoms with Gasteiger partial charge in [0.25, 0.3) is 0 Å². The Labute approximate surface area is 152 Å². The molecule has 7 heteroatoms. The van der Waals surface area contributed by atoms with E-state index in [0.717, 1.165) is 22.6 Å². The van der Waals surface area contributed by atoms with E-state index in [-0.39, 0.29) is 19.5 Å². The second kappa shape index (κ2) is 9.40. The van der Waals surface area contributed by atoms with E-state index < -0.39 is 0 Å². The van der Waals surface area contributed by atoms with Gasteiger partial charge in [-0.1, -0.05) is 12.1 Å². The number of nitrogens with zero attached hydrogens (tertiary/aromatic N) is 3. The molecule has 0 bridgehead atoms. The van der Waals surface area contributed by atoms with Gasteiger partial charge in [-0.25, -0.2) is 0 Å². The minimum absolute atomic E-state index is 0.0361. The van der Waals surface area contributed by atoms with Crippen LogP contribution in [0.2, 0.25) is 0 Å². The summed E-state index contributed by atoms with van der Waals surface area (Å²) >= 11 is 0. The molecule has 2 N–H and O–H groups in total. The van der Waals surface area contributed by atoms with Crippen LogP contribution in [0.4, 0.5) is 17.1 Å². The third kappa shape index (κ3) is 4.86. The molecule has 1 saturated heterocycles. The summed E-state index contributed by atoms with van der Waals surface area (Å²) in [6, 6.07) is 15.1. The molecule has 26 heavy (non-hydrogen) atoms. The van der Waals surface area contributed by atoms with E-state index in [1.54, 1.807) is 0 Å². The summed E-state index contributed by atoms with van der Waals surface area (Å²) in [5, 5.41) is 26.7. The lowest BCUT2D eigenvalue weighted by Gasteiger charge is -2.22. The molecule has 7 nitrogen and oxygen atoms in total. The molecule has 0 unspecified atom stereocenters. The number of aliphatic hydroxyl groups excluding tert-OH is 2. The first-order valence-corrected chi connectivity index (χ1v) is 8.62. The number of benzene rings is 2. The predicted molar refractivity (Wildman–Crippen MR) is 98.1 cm³/mol. The highest BCUT2D eigenvalue weighted by atomic mass is 16.7. The quantitative estimate of drug-likeness (QED) is 0.709. The van der Waals surface area contributed by atoms with E-state index in [9.17, 15) is 0 Å². The number of rotatable bonds is 8. The van der Waals surface area contributed by atoms with E-state index in [1.807, 2.05) is 53.4 Å². The van der Waals surface area contributed by atoms with Crippen molar-refractivity contribution in [3.05, 3.63) is 54.1 Å². The SMILES string of the molecule is OCCN(CCO)c1ccc(N=Nc2ccc(C3OCCO3)cc2)cc1. The second-order valence-corrected chi connectivity index (χ2v) is 5.82. The molecule has 2 aromatic rings. The summed E-state index contributed by atoms with van der Waals surface area (Å²) in [5.74, 6) is 0. The van der Waals surface area contributed by atoms with E-state index in [0.29, 0.717) is 26.3 Å². The van der Waals surface area contributed by atoms with Gasteiger partial charge in [0.2, 0.25) is 0 Å². The zero-order valence-corrected chi connectivity index (χ0v) is 14.5. The minimum atomic E-state index is -0.283. The van der Waals surface area contributed by atoms with Gasteiger partial charge in [0.05, 0.1) is 37.8 Å². The number of hydrogen-bond acceptors (Lipinski definition) is 7. The Morgan fingerprint density at radius 3 is 1.81 bits per heavy atom. The standard InChI is InChI=1S/C19H23N3O4/c23-11-9-22(10-12-24)18-7-5-17(6-8-18)21-20-16-3-1-15(2-4-16)19-25-13-14-26-19/h1-8,19,23-24H,9-14H2. The maximum atomic E-state index is 9.11. The van der Waals surface area contributed by atoms with Crippen molar-refractivity contribution >= 4 is 17.1 Å². The maximum Gasteiger partial charge on any atom is 0.184 e. The molecule has 0 saturated carbocycles. The predicted octanol–water partition coefficient (Wildman–Crippen LogP) is 2.94. The van der Waals surface area contributed by atoms with Crippen LogP contribution >= 0.6 is 0 Å². The van der Waals surface area contributed by atoms with Gasteiger partial charge in [0.15, 0.2) is 6.29 Å². The van der Waals surface area contributed by atoms with Crippen LogP contribution in [0.5, 0.6) is 0 Å². The Bertz CT molecular complexity index is 692. The van der Waals surface area contributed by atoms with Gasteiger partial charge in [-0.05, 0) is 36.4 Å². The summed E-state index contributed by atoms with van der Waals surface area (Å²) in [4.78, 5) is 1.91. The van der Waals surface area contributed by atoms with Crippen molar-refractivity contribution in [1.29, 1.82) is 0 Å². The van der Waals surface area contributed by atoms with Gasteiger partial charge in [0, 0.05) is 24.3 Å². The molecule has 0 aromatic heterocycles. The zero-order valence-electron chi connectivity index (χ0n) is 14.5. The van der Waals surface area contributed by atoms with Gasteiger partial charge < -0.3 is 24.6 Å². The molecule has 1 heterocycles. The number of azo groups is 1. The molecule has 1 fully saturated rings. The Morgan fingerprint density at radius 2 is 1.31 bits per heavy atom. The number of anilines is 1. The summed E-state index contributed by atoms with van der Waals surface area (Å²) in [5.41, 5.74) is 3.37. The highest BCUT2D eigenvalue weighted by Gasteiger charge is 2.17. The van der Waals surface area contributed by atoms with E-state index in [2.05, 4.69) is 10.2 Å². The van der Waals surface area contributed by atoms with Gasteiger partial charge >= 0.3 is 0 Å². The van der Waals surface area contributed by atoms with Crippen LogP contribution < -0.4 is 4.90 Å². The highest BCUT2D eigenvalue weighted by molar-refractivity contribution is 5.53. The first-order chi connectivity index (χ1) is 12.8. The van der Waals surface area contributed by atoms with Crippen LogP contribution in [-0.4, -0.2) is 49.7 Å². The lowest BCUT2D eigenvalue weighted by molar-refractivity contribution is -0.0441. The average molecular weight is 357 g/mol. The van der Waals surface area contributed by atoms with Crippen LogP contribution in [0.3, 0.4) is 0 Å². The zero-order chi connectivity index (χ0) is 18.2. The average Bonchev–Trinajstić information content (AvgIpc) is 3.22. The summed E-state index contributed by atoms with van der Waals surface area (Å²) in [6.45, 7) is 2.26. The van der Waals surface area contributed by atoms with E-state index in [1.165, 1.54) is 0 Å². The molecule has 2 aromatic carbocycles. The van der Waals surface area contributed by atoms with Gasteiger partial charge in [-0.3, -0.25) is 0 Å². The van der Waals surface area contributed by atoms with Crippen molar-refractivity contribution in [1.82, 2.24) is 0 Å². The lowest BCUT2D eigenvalue weighted by atomic mass is 10.2. The molecule has 0 aliphatic carbocycles. The molecule has 1 aliphatic heterocycles. The van der Waals surface area contributed by atoms with Crippen molar-refractivity contribution in [3.63, 3.8) is 0 Å². The van der Waals surface area contributed by atoms with Crippen molar-refractivity contribution in [2.75, 3.05) is 44.4 Å². The molecular weight excluding hydrogens is 334 g/mol. The van der Waals surface area contributed by atoms with Crippen LogP contribution in [0.1, 0.15) is 11.9 Å². The van der Waals surface area contributed by atoms with Crippen molar-refractivity contribution in [2.45, 2.75) is 6.29 Å². The topological polar surface area (TPSA) is 86.9 Å². The van der Waals surface area contributed by atoms with Crippen molar-refractivity contribution in [3.8, 4) is 0 Å². The first-order valence-electron chi connectivity index (χ1n) is 8.62. The highest BCUT2D eigenvalue weighted by Crippen LogP contribution is 2.26. The van der Waals surface area contributed by atoms with Crippen LogP contribution in [-0.2, 0) is 9.47 Å². The Hall–Kier alpha value is -2.32. The molecule has 0 radical (unpaired) electrons. The smallest absolute Gasteiger partial charge is 0.184 e. The van der Waals surface area contributed by atoms with Gasteiger partial charge in [-0.15, -0.1) is 0 Å². The van der Waals surface area contributed by atoms with Crippen molar-refractivity contribution < 1.29 is 19.7 Å². The molecule has 0 amide bonds. The number of ether oxygens (including phenoxy) is 2. The Balaban J connectivity index is 1.62. The lowest BCUT2D eigenvalue weighted by Crippen LogP contribution is -2.29. The summed E-state index contributed by atoms with van der Waals surface area (Å²) in [6.07, 6.45) is -0.283. The van der Waals surface area contributed by atoms with Crippen LogP contribution in [0.25, 0.3) is 0 Å². The Kier molecular flexibility index (Phi) is 6.68. The maximum absolute atomic E-state index is 9.11. The fourth-order valence-corrected chi connectivity index (χ4v) is 2.71. The first kappa shape index (κ1) is 18.5. The number of hydrogen-bond donors (Lipinski definition) is 2. The summed E-state index contributed by atoms with van der Waals surface area (Å²) in [7, 11) is 0. The third-order valence-corrected chi connectivity index (χ3v) is 4.02. The molecule has 1 aliphatic rings.